The van der Waals surface area contributed by atoms with Gasteiger partial charge >= 0.3 is 0 Å². The van der Waals surface area contributed by atoms with E-state index in [9.17, 15) is 4.79 Å². The number of nitrogens with zero attached hydrogens (tertiary/aromatic N) is 1. The Morgan fingerprint density at radius 3 is 2.62 bits per heavy atom. The largest absolute Gasteiger partial charge is 0.326 e. The maximum Gasteiger partial charge on any atom is 0.228 e. The van der Waals surface area contributed by atoms with E-state index < -0.39 is 0 Å². The second kappa shape index (κ2) is 8.36. The third-order valence-corrected chi connectivity index (χ3v) is 5.45. The van der Waals surface area contributed by atoms with Gasteiger partial charge in [0.25, 0.3) is 0 Å². The maximum absolute atomic E-state index is 12.4. The molecule has 1 unspecified atom stereocenters. The first-order valence-electron chi connectivity index (χ1n) is 8.47. The zero-order valence-electron chi connectivity index (χ0n) is 14.1. The number of benzene rings is 2. The number of piperidine rings is 1. The summed E-state index contributed by atoms with van der Waals surface area (Å²) in [4.78, 5) is 15.9. The number of anilines is 1. The van der Waals surface area contributed by atoms with Gasteiger partial charge in [0, 0.05) is 22.9 Å². The normalized spacial score (nSPS) is 18.3. The lowest BCUT2D eigenvalue weighted by Crippen LogP contribution is -2.38. The van der Waals surface area contributed by atoms with E-state index in [1.807, 2.05) is 30.0 Å². The minimum Gasteiger partial charge on any atom is -0.326 e. The summed E-state index contributed by atoms with van der Waals surface area (Å²) in [5.74, 6) is 1.19. The van der Waals surface area contributed by atoms with E-state index >= 15 is 0 Å². The monoisotopic (exact) mass is 340 g/mol. The molecule has 0 bridgehead atoms. The fraction of sp³-hybridized carbons (Fsp3) is 0.350. The second-order valence-electron chi connectivity index (χ2n) is 6.39. The highest BCUT2D eigenvalue weighted by Crippen LogP contribution is 2.23. The molecule has 0 spiro atoms. The van der Waals surface area contributed by atoms with Crippen molar-refractivity contribution in [2.24, 2.45) is 5.92 Å². The van der Waals surface area contributed by atoms with Crippen LogP contribution in [0.1, 0.15) is 18.4 Å². The minimum absolute atomic E-state index is 0.108. The summed E-state index contributed by atoms with van der Waals surface area (Å²) in [6.45, 7) is 1.95. The van der Waals surface area contributed by atoms with Crippen LogP contribution in [0.15, 0.2) is 59.5 Å². The molecule has 1 amide bonds. The molecule has 2 aromatic carbocycles. The number of carbonyl (C=O) groups is 1. The topological polar surface area (TPSA) is 32.3 Å². The van der Waals surface area contributed by atoms with Crippen LogP contribution >= 0.6 is 11.8 Å². The Morgan fingerprint density at radius 1 is 1.17 bits per heavy atom. The van der Waals surface area contributed by atoms with Crippen LogP contribution in [0, 0.1) is 5.92 Å². The summed E-state index contributed by atoms with van der Waals surface area (Å²) < 4.78 is 0. The summed E-state index contributed by atoms with van der Waals surface area (Å²) in [7, 11) is 2.08. The number of hydrogen-bond donors (Lipinski definition) is 1. The number of amides is 1. The number of nitrogens with one attached hydrogen (secondary N) is 1. The van der Waals surface area contributed by atoms with Crippen molar-refractivity contribution in [2.75, 3.05) is 25.5 Å². The van der Waals surface area contributed by atoms with Crippen molar-refractivity contribution in [1.82, 2.24) is 4.90 Å². The van der Waals surface area contributed by atoms with Crippen LogP contribution in [0.2, 0.25) is 0 Å². The van der Waals surface area contributed by atoms with Gasteiger partial charge in [-0.25, -0.2) is 0 Å². The van der Waals surface area contributed by atoms with Crippen LogP contribution in [0.25, 0.3) is 0 Å². The van der Waals surface area contributed by atoms with Gasteiger partial charge in [0.05, 0.1) is 5.92 Å². The predicted molar refractivity (Wildman–Crippen MR) is 101 cm³/mol. The summed E-state index contributed by atoms with van der Waals surface area (Å²) in [5.41, 5.74) is 2.15. The van der Waals surface area contributed by atoms with Gasteiger partial charge in [-0.05, 0) is 56.3 Å². The van der Waals surface area contributed by atoms with Gasteiger partial charge < -0.3 is 10.2 Å². The Labute approximate surface area is 148 Å². The third-order valence-electron chi connectivity index (χ3n) is 4.37. The molecule has 24 heavy (non-hydrogen) atoms. The molecule has 2 aromatic rings. The van der Waals surface area contributed by atoms with Crippen molar-refractivity contribution in [3.05, 3.63) is 60.2 Å². The van der Waals surface area contributed by atoms with Crippen molar-refractivity contribution >= 4 is 23.4 Å². The van der Waals surface area contributed by atoms with Gasteiger partial charge in [0.1, 0.15) is 0 Å². The number of rotatable bonds is 5. The fourth-order valence-electron chi connectivity index (χ4n) is 2.99. The first kappa shape index (κ1) is 17.1. The molecule has 0 radical (unpaired) electrons. The number of hydrogen-bond acceptors (Lipinski definition) is 3. The molecule has 3 rings (SSSR count). The van der Waals surface area contributed by atoms with Gasteiger partial charge in [-0.15, -0.1) is 11.8 Å². The zero-order chi connectivity index (χ0) is 16.8. The molecule has 3 nitrogen and oxygen atoms in total. The van der Waals surface area contributed by atoms with Crippen molar-refractivity contribution in [2.45, 2.75) is 23.5 Å². The van der Waals surface area contributed by atoms with Crippen LogP contribution in [-0.4, -0.2) is 30.9 Å². The highest BCUT2D eigenvalue weighted by atomic mass is 32.2. The highest BCUT2D eigenvalue weighted by Gasteiger charge is 2.23. The fourth-order valence-corrected chi connectivity index (χ4v) is 3.87. The predicted octanol–water partition coefficient (Wildman–Crippen LogP) is 4.26. The smallest absolute Gasteiger partial charge is 0.228 e. The van der Waals surface area contributed by atoms with Crippen molar-refractivity contribution in [3.63, 3.8) is 0 Å². The second-order valence-corrected chi connectivity index (χ2v) is 7.44. The Hall–Kier alpha value is -1.78. The molecule has 1 N–H and O–H groups in total. The quantitative estimate of drug-likeness (QED) is 0.826. The molecular weight excluding hydrogens is 316 g/mol. The van der Waals surface area contributed by atoms with Crippen LogP contribution in [-0.2, 0) is 10.5 Å². The molecule has 1 fully saturated rings. The summed E-state index contributed by atoms with van der Waals surface area (Å²) in [6, 6.07) is 18.6. The number of carbonyl (C=O) groups excluding carboxylic acids is 1. The molecule has 1 heterocycles. The van der Waals surface area contributed by atoms with Gasteiger partial charge in [0.2, 0.25) is 5.91 Å². The molecule has 126 valence electrons. The maximum atomic E-state index is 12.4. The molecule has 1 aliphatic rings. The lowest BCUT2D eigenvalue weighted by Gasteiger charge is -2.28. The third kappa shape index (κ3) is 4.86. The summed E-state index contributed by atoms with van der Waals surface area (Å²) in [6.07, 6.45) is 2.09. The summed E-state index contributed by atoms with van der Waals surface area (Å²) >= 11 is 1.82. The molecular formula is C20H24N2OS. The van der Waals surface area contributed by atoms with E-state index in [-0.39, 0.29) is 11.8 Å². The Balaban J connectivity index is 1.51. The Kier molecular flexibility index (Phi) is 5.94. The Morgan fingerprint density at radius 2 is 1.92 bits per heavy atom. The molecule has 1 aliphatic heterocycles. The number of likely N-dealkylation sites (tertiary alicyclic amines) is 1. The van der Waals surface area contributed by atoms with E-state index in [4.69, 9.17) is 0 Å². The van der Waals surface area contributed by atoms with Gasteiger partial charge in [0.15, 0.2) is 0 Å². The molecule has 1 atom stereocenters. The van der Waals surface area contributed by atoms with Crippen molar-refractivity contribution in [1.29, 1.82) is 0 Å². The van der Waals surface area contributed by atoms with Gasteiger partial charge in [-0.3, -0.25) is 4.79 Å². The summed E-state index contributed by atoms with van der Waals surface area (Å²) in [5, 5.41) is 3.06. The average Bonchev–Trinajstić information content (AvgIpc) is 2.62. The first-order valence-corrected chi connectivity index (χ1v) is 9.45. The van der Waals surface area contributed by atoms with Crippen molar-refractivity contribution in [3.8, 4) is 0 Å². The Bertz CT molecular complexity index is 657. The van der Waals surface area contributed by atoms with E-state index in [2.05, 4.69) is 53.7 Å². The minimum atomic E-state index is 0.108. The van der Waals surface area contributed by atoms with Gasteiger partial charge in [-0.1, -0.05) is 30.3 Å². The van der Waals surface area contributed by atoms with Gasteiger partial charge in [-0.2, -0.15) is 0 Å². The van der Waals surface area contributed by atoms with Crippen molar-refractivity contribution < 1.29 is 4.79 Å². The number of thioether (sulfide) groups is 1. The van der Waals surface area contributed by atoms with Crippen LogP contribution in [0.4, 0.5) is 5.69 Å². The lowest BCUT2D eigenvalue weighted by molar-refractivity contribution is -0.121. The van der Waals surface area contributed by atoms with E-state index in [0.717, 1.165) is 37.4 Å². The highest BCUT2D eigenvalue weighted by molar-refractivity contribution is 7.98. The van der Waals surface area contributed by atoms with E-state index in [1.165, 1.54) is 10.5 Å². The van der Waals surface area contributed by atoms with E-state index in [1.54, 1.807) is 0 Å². The SMILES string of the molecule is CN1CCCC(C(=O)Nc2ccc(CSc3ccccc3)cc2)C1. The molecule has 0 saturated carbocycles. The average molecular weight is 340 g/mol. The molecule has 0 aliphatic carbocycles. The van der Waals surface area contributed by atoms with E-state index in [0.29, 0.717) is 0 Å². The molecule has 0 aromatic heterocycles. The van der Waals surface area contributed by atoms with Crippen LogP contribution in [0.3, 0.4) is 0 Å². The van der Waals surface area contributed by atoms with Crippen LogP contribution in [0.5, 0.6) is 0 Å². The zero-order valence-corrected chi connectivity index (χ0v) is 14.9. The molecule has 4 heteroatoms. The molecule has 1 saturated heterocycles. The first-order chi connectivity index (χ1) is 11.7. The standard InChI is InChI=1S/C20H24N2OS/c1-22-13-5-6-17(14-22)20(23)21-18-11-9-16(10-12-18)15-24-19-7-3-2-4-8-19/h2-4,7-12,17H,5-6,13-15H2,1H3,(H,21,23). The van der Waals surface area contributed by atoms with Crippen LogP contribution < -0.4 is 5.32 Å². The lowest BCUT2D eigenvalue weighted by atomic mass is 9.97.